The number of carbonyl (C=O) groups is 1. The van der Waals surface area contributed by atoms with Crippen LogP contribution in [0.4, 0.5) is 5.69 Å². The zero-order valence-electron chi connectivity index (χ0n) is 16.8. The number of rotatable bonds is 5. The van der Waals surface area contributed by atoms with Crippen LogP contribution in [0.5, 0.6) is 11.5 Å². The molecule has 158 valence electrons. The molecule has 0 radical (unpaired) electrons. The second kappa shape index (κ2) is 6.99. The molecule has 3 aliphatic rings. The maximum Gasteiger partial charge on any atom is 0.243 e. The van der Waals surface area contributed by atoms with E-state index in [0.29, 0.717) is 48.0 Å². The number of carbonyl (C=O) groups excluding carboxylic acids is 1. The molecule has 1 aliphatic carbocycles. The lowest BCUT2D eigenvalue weighted by atomic mass is 10.0. The Bertz CT molecular complexity index is 1100. The van der Waals surface area contributed by atoms with E-state index in [1.807, 2.05) is 19.1 Å². The average Bonchev–Trinajstić information content (AvgIpc) is 3.05. The first kappa shape index (κ1) is 19.4. The van der Waals surface area contributed by atoms with Crippen LogP contribution in [0.25, 0.3) is 0 Å². The van der Waals surface area contributed by atoms with E-state index in [1.165, 1.54) is 4.31 Å². The Morgan fingerprint density at radius 3 is 2.70 bits per heavy atom. The number of aryl methyl sites for hydroxylation is 1. The van der Waals surface area contributed by atoms with Crippen molar-refractivity contribution in [1.29, 1.82) is 0 Å². The number of anilines is 1. The van der Waals surface area contributed by atoms with E-state index in [-0.39, 0.29) is 24.0 Å². The summed E-state index contributed by atoms with van der Waals surface area (Å²) in [6, 6.07) is 12.4. The molecule has 1 spiro atoms. The maximum absolute atomic E-state index is 13.0. The van der Waals surface area contributed by atoms with Crippen LogP contribution in [-0.4, -0.2) is 38.5 Å². The van der Waals surface area contributed by atoms with E-state index in [4.69, 9.17) is 9.47 Å². The molecule has 2 unspecified atom stereocenters. The third-order valence-corrected chi connectivity index (χ3v) is 8.33. The van der Waals surface area contributed by atoms with Crippen molar-refractivity contribution in [3.63, 3.8) is 0 Å². The first-order valence-corrected chi connectivity index (χ1v) is 11.6. The highest BCUT2D eigenvalue weighted by molar-refractivity contribution is 7.89. The van der Waals surface area contributed by atoms with Gasteiger partial charge in [-0.1, -0.05) is 19.1 Å². The molecule has 2 heterocycles. The van der Waals surface area contributed by atoms with Gasteiger partial charge in [0.25, 0.3) is 0 Å². The predicted molar refractivity (Wildman–Crippen MR) is 111 cm³/mol. The van der Waals surface area contributed by atoms with Gasteiger partial charge < -0.3 is 14.8 Å². The van der Waals surface area contributed by atoms with Crippen LogP contribution >= 0.6 is 0 Å². The fourth-order valence-corrected chi connectivity index (χ4v) is 6.02. The van der Waals surface area contributed by atoms with Crippen molar-refractivity contribution in [2.24, 2.45) is 11.3 Å². The Kier molecular flexibility index (Phi) is 4.52. The lowest BCUT2D eigenvalue weighted by Gasteiger charge is -2.17. The van der Waals surface area contributed by atoms with Crippen LogP contribution in [0.15, 0.2) is 47.4 Å². The van der Waals surface area contributed by atoms with Gasteiger partial charge in [0.15, 0.2) is 11.5 Å². The zero-order valence-corrected chi connectivity index (χ0v) is 17.6. The topological polar surface area (TPSA) is 84.9 Å². The summed E-state index contributed by atoms with van der Waals surface area (Å²) in [6.07, 6.45) is 2.29. The van der Waals surface area contributed by atoms with Gasteiger partial charge in [-0.15, -0.1) is 0 Å². The summed E-state index contributed by atoms with van der Waals surface area (Å²) in [5, 5.41) is 2.94. The van der Waals surface area contributed by atoms with Gasteiger partial charge in [0.05, 0.1) is 4.90 Å². The van der Waals surface area contributed by atoms with Crippen LogP contribution in [0.2, 0.25) is 0 Å². The van der Waals surface area contributed by atoms with Crippen LogP contribution in [0.1, 0.15) is 25.3 Å². The predicted octanol–water partition coefficient (Wildman–Crippen LogP) is 3.02. The highest BCUT2D eigenvalue weighted by atomic mass is 32.2. The second-order valence-electron chi connectivity index (χ2n) is 8.26. The summed E-state index contributed by atoms with van der Waals surface area (Å²) in [5.74, 6) is 1.04. The van der Waals surface area contributed by atoms with E-state index in [0.717, 1.165) is 12.0 Å². The number of hydrogen-bond donors (Lipinski definition) is 1. The highest BCUT2D eigenvalue weighted by Gasteiger charge is 2.62. The van der Waals surface area contributed by atoms with Crippen LogP contribution in [0.3, 0.4) is 0 Å². The molecule has 30 heavy (non-hydrogen) atoms. The van der Waals surface area contributed by atoms with Crippen LogP contribution < -0.4 is 14.8 Å². The van der Waals surface area contributed by atoms with Gasteiger partial charge in [-0.05, 0) is 54.5 Å². The lowest BCUT2D eigenvalue weighted by molar-refractivity contribution is -0.118. The molecule has 2 aromatic rings. The summed E-state index contributed by atoms with van der Waals surface area (Å²) < 4.78 is 38.2. The zero-order chi connectivity index (χ0) is 20.9. The highest BCUT2D eigenvalue weighted by Crippen LogP contribution is 2.59. The van der Waals surface area contributed by atoms with Crippen molar-refractivity contribution in [3.05, 3.63) is 48.0 Å². The smallest absolute Gasteiger partial charge is 0.243 e. The number of fused-ring (bicyclic) bond motifs is 1. The van der Waals surface area contributed by atoms with Crippen molar-refractivity contribution in [2.75, 3.05) is 25.2 Å². The molecule has 0 bridgehead atoms. The molecule has 2 atom stereocenters. The number of nitrogens with zero attached hydrogens (tertiary/aromatic N) is 1. The monoisotopic (exact) mass is 428 g/mol. The molecule has 2 fully saturated rings. The minimum absolute atomic E-state index is 0.0691. The van der Waals surface area contributed by atoms with Gasteiger partial charge in [0, 0.05) is 30.8 Å². The average molecular weight is 429 g/mol. The fraction of sp³-hybridized carbons (Fsp3) is 0.409. The molecule has 7 nitrogen and oxygen atoms in total. The Morgan fingerprint density at radius 1 is 1.17 bits per heavy atom. The Balaban J connectivity index is 1.25. The molecular weight excluding hydrogens is 404 g/mol. The van der Waals surface area contributed by atoms with Crippen molar-refractivity contribution in [3.8, 4) is 11.5 Å². The molecule has 2 aliphatic heterocycles. The molecule has 8 heteroatoms. The van der Waals surface area contributed by atoms with Gasteiger partial charge in [-0.25, -0.2) is 8.42 Å². The van der Waals surface area contributed by atoms with Crippen LogP contribution in [-0.2, 0) is 21.2 Å². The molecule has 1 saturated carbocycles. The number of nitrogens with one attached hydrogen (secondary N) is 1. The summed E-state index contributed by atoms with van der Waals surface area (Å²) in [6.45, 7) is 3.06. The Morgan fingerprint density at radius 2 is 1.93 bits per heavy atom. The molecule has 0 aromatic heterocycles. The molecule has 5 rings (SSSR count). The first-order chi connectivity index (χ1) is 14.4. The number of hydrogen-bond acceptors (Lipinski definition) is 5. The largest absolute Gasteiger partial charge is 0.454 e. The number of sulfonamides is 1. The second-order valence-corrected chi connectivity index (χ2v) is 10.2. The number of ether oxygens (including phenoxy) is 2. The van der Waals surface area contributed by atoms with E-state index < -0.39 is 10.0 Å². The van der Waals surface area contributed by atoms with Gasteiger partial charge in [0.1, 0.15) is 0 Å². The Labute approximate surface area is 176 Å². The Hall–Kier alpha value is -2.58. The third kappa shape index (κ3) is 3.24. The first-order valence-electron chi connectivity index (χ1n) is 10.2. The van der Waals surface area contributed by atoms with E-state index in [2.05, 4.69) is 5.32 Å². The van der Waals surface area contributed by atoms with E-state index in [1.54, 1.807) is 30.3 Å². The minimum atomic E-state index is -3.54. The number of amides is 1. The fourth-order valence-electron chi connectivity index (χ4n) is 4.48. The summed E-state index contributed by atoms with van der Waals surface area (Å²) in [4.78, 5) is 13.1. The maximum atomic E-state index is 13.0. The number of benzene rings is 2. The van der Waals surface area contributed by atoms with Crippen molar-refractivity contribution < 1.29 is 22.7 Å². The molecule has 1 amide bonds. The molecule has 1 saturated heterocycles. The SMILES string of the molecule is CCc1ccc(S(=O)(=O)N2CCC3(CC3C(=O)Nc3ccc4c(c3)OCO4)C2)cc1. The summed E-state index contributed by atoms with van der Waals surface area (Å²) >= 11 is 0. The summed E-state index contributed by atoms with van der Waals surface area (Å²) in [7, 11) is -3.54. The van der Waals surface area contributed by atoms with Crippen molar-refractivity contribution in [2.45, 2.75) is 31.1 Å². The normalized spacial score (nSPS) is 24.9. The summed E-state index contributed by atoms with van der Waals surface area (Å²) in [5.41, 5.74) is 1.51. The van der Waals surface area contributed by atoms with Crippen molar-refractivity contribution in [1.82, 2.24) is 4.31 Å². The molecule has 2 aromatic carbocycles. The van der Waals surface area contributed by atoms with Crippen LogP contribution in [0, 0.1) is 11.3 Å². The van der Waals surface area contributed by atoms with Gasteiger partial charge in [-0.2, -0.15) is 4.31 Å². The molecular formula is C22H24N2O5S. The molecule has 1 N–H and O–H groups in total. The lowest BCUT2D eigenvalue weighted by Crippen LogP contribution is -2.30. The van der Waals surface area contributed by atoms with E-state index >= 15 is 0 Å². The third-order valence-electron chi connectivity index (χ3n) is 6.47. The quantitative estimate of drug-likeness (QED) is 0.791. The van der Waals surface area contributed by atoms with E-state index in [9.17, 15) is 13.2 Å². The standard InChI is InChI=1S/C22H24N2O5S/c1-2-15-3-6-17(7-4-15)30(26,27)24-10-9-22(13-24)12-18(22)21(25)23-16-5-8-19-20(11-16)29-14-28-19/h3-8,11,18H,2,9-10,12-14H2,1H3,(H,23,25). The van der Waals surface area contributed by atoms with Crippen molar-refractivity contribution >= 4 is 21.6 Å². The van der Waals surface area contributed by atoms with Gasteiger partial charge >= 0.3 is 0 Å². The minimum Gasteiger partial charge on any atom is -0.454 e. The van der Waals surface area contributed by atoms with Gasteiger partial charge in [0.2, 0.25) is 22.7 Å². The van der Waals surface area contributed by atoms with Gasteiger partial charge in [-0.3, -0.25) is 4.79 Å².